The molecule has 0 saturated carbocycles. The van der Waals surface area contributed by atoms with Crippen molar-refractivity contribution in [1.29, 1.82) is 0 Å². The van der Waals surface area contributed by atoms with E-state index in [1.54, 1.807) is 24.3 Å². The van der Waals surface area contributed by atoms with Crippen LogP contribution in [0.25, 0.3) is 0 Å². The molecule has 2 aromatic rings. The summed E-state index contributed by atoms with van der Waals surface area (Å²) in [6.07, 6.45) is -4.73. The smallest absolute Gasteiger partial charge is 0.206 e. The van der Waals surface area contributed by atoms with Crippen molar-refractivity contribution in [3.05, 3.63) is 70.5 Å². The maximum atomic E-state index is 14.0. The molecule has 2 rings (SSSR count). The van der Waals surface area contributed by atoms with Crippen molar-refractivity contribution >= 4 is 11.6 Å². The van der Waals surface area contributed by atoms with E-state index in [9.17, 15) is 17.6 Å². The molecular weight excluding hydrogens is 292 g/mol. The van der Waals surface area contributed by atoms with Crippen molar-refractivity contribution in [2.45, 2.75) is 18.5 Å². The summed E-state index contributed by atoms with van der Waals surface area (Å²) in [5, 5.41) is -0.960. The molecule has 0 bridgehead atoms. The van der Waals surface area contributed by atoms with Gasteiger partial charge in [0.15, 0.2) is 0 Å². The summed E-state index contributed by atoms with van der Waals surface area (Å²) in [5.41, 5.74) is 0.0655. The molecule has 20 heavy (non-hydrogen) atoms. The number of hydrogen-bond donors (Lipinski definition) is 0. The van der Waals surface area contributed by atoms with Gasteiger partial charge in [0.05, 0.1) is 10.9 Å². The summed E-state index contributed by atoms with van der Waals surface area (Å²) >= 11 is 6.10. The average Bonchev–Trinajstić information content (AvgIpc) is 2.37. The van der Waals surface area contributed by atoms with Crippen LogP contribution < -0.4 is 0 Å². The van der Waals surface area contributed by atoms with Gasteiger partial charge in [-0.2, -0.15) is 13.2 Å². The molecule has 1 unspecified atom stereocenters. The average molecular weight is 303 g/mol. The van der Waals surface area contributed by atoms with Crippen molar-refractivity contribution in [3.63, 3.8) is 0 Å². The molecule has 106 valence electrons. The monoisotopic (exact) mass is 302 g/mol. The lowest BCUT2D eigenvalue weighted by atomic mass is 10.0. The molecule has 0 aliphatic carbocycles. The van der Waals surface area contributed by atoms with Crippen molar-refractivity contribution in [3.8, 4) is 0 Å². The summed E-state index contributed by atoms with van der Waals surface area (Å²) in [7, 11) is 0. The third kappa shape index (κ3) is 2.96. The lowest BCUT2D eigenvalue weighted by molar-refractivity contribution is -0.140. The zero-order chi connectivity index (χ0) is 14.9. The van der Waals surface area contributed by atoms with Gasteiger partial charge in [-0.3, -0.25) is 0 Å². The first kappa shape index (κ1) is 14.9. The lowest BCUT2D eigenvalue weighted by Gasteiger charge is -2.15. The van der Waals surface area contributed by atoms with E-state index < -0.39 is 22.9 Å². The van der Waals surface area contributed by atoms with Gasteiger partial charge in [-0.25, -0.2) is 4.39 Å². The zero-order valence-electron chi connectivity index (χ0n) is 10.5. The fourth-order valence-electron chi connectivity index (χ4n) is 1.88. The predicted octanol–water partition coefficient (Wildman–Crippen LogP) is 5.48. The Bertz CT molecular complexity index is 602. The summed E-state index contributed by atoms with van der Waals surface area (Å²) in [6, 6.07) is 10.0. The topological polar surface area (TPSA) is 0 Å². The zero-order valence-corrected chi connectivity index (χ0v) is 11.3. The summed E-state index contributed by atoms with van der Waals surface area (Å²) in [5.74, 6) is -1.32. The fraction of sp³-hybridized carbons (Fsp3) is 0.200. The van der Waals surface area contributed by atoms with E-state index in [2.05, 4.69) is 0 Å². The van der Waals surface area contributed by atoms with Gasteiger partial charge in [0.2, 0.25) is 0 Å². The molecule has 0 aromatic heterocycles. The Morgan fingerprint density at radius 1 is 1.00 bits per heavy atom. The van der Waals surface area contributed by atoms with Gasteiger partial charge in [0.25, 0.3) is 0 Å². The molecular formula is C15H11ClF4. The second kappa shape index (κ2) is 5.44. The van der Waals surface area contributed by atoms with E-state index in [1.807, 2.05) is 6.92 Å². The molecule has 0 nitrogen and oxygen atoms in total. The van der Waals surface area contributed by atoms with Gasteiger partial charge in [-0.1, -0.05) is 42.0 Å². The Hall–Kier alpha value is -1.55. The molecule has 5 heteroatoms. The minimum Gasteiger partial charge on any atom is -0.206 e. The quantitative estimate of drug-likeness (QED) is 0.509. The highest BCUT2D eigenvalue weighted by atomic mass is 35.5. The van der Waals surface area contributed by atoms with E-state index in [0.717, 1.165) is 11.6 Å². The molecule has 2 aromatic carbocycles. The van der Waals surface area contributed by atoms with Crippen molar-refractivity contribution < 1.29 is 17.6 Å². The van der Waals surface area contributed by atoms with Crippen molar-refractivity contribution in [1.82, 2.24) is 0 Å². The van der Waals surface area contributed by atoms with Gasteiger partial charge < -0.3 is 0 Å². The minimum absolute atomic E-state index is 0.176. The first-order valence-electron chi connectivity index (χ1n) is 5.87. The van der Waals surface area contributed by atoms with E-state index in [0.29, 0.717) is 11.6 Å². The van der Waals surface area contributed by atoms with Crippen LogP contribution in [0, 0.1) is 12.7 Å². The van der Waals surface area contributed by atoms with Gasteiger partial charge in [-0.05, 0) is 18.6 Å². The van der Waals surface area contributed by atoms with Crippen LogP contribution in [0.1, 0.15) is 27.6 Å². The van der Waals surface area contributed by atoms with E-state index in [1.165, 1.54) is 6.07 Å². The van der Waals surface area contributed by atoms with Gasteiger partial charge >= 0.3 is 6.18 Å². The third-order valence-corrected chi connectivity index (χ3v) is 3.46. The standard InChI is InChI=1S/C15H11ClF4/c1-9-5-7-10(8-6-9)13(16)11-3-2-4-12(14(11)17)15(18,19)20/h2-8,13H,1H3. The van der Waals surface area contributed by atoms with Crippen molar-refractivity contribution in [2.75, 3.05) is 0 Å². The van der Waals surface area contributed by atoms with Gasteiger partial charge in [0.1, 0.15) is 5.82 Å². The molecule has 0 spiro atoms. The Balaban J connectivity index is 2.45. The Morgan fingerprint density at radius 3 is 2.15 bits per heavy atom. The van der Waals surface area contributed by atoms with Crippen LogP contribution >= 0.6 is 11.6 Å². The molecule has 0 radical (unpaired) electrons. The molecule has 0 aliphatic heterocycles. The highest BCUT2D eigenvalue weighted by molar-refractivity contribution is 6.22. The minimum atomic E-state index is -4.73. The summed E-state index contributed by atoms with van der Waals surface area (Å²) in [6.45, 7) is 1.87. The summed E-state index contributed by atoms with van der Waals surface area (Å²) < 4.78 is 52.0. The normalized spacial score (nSPS) is 13.3. The van der Waals surface area contributed by atoms with Gasteiger partial charge in [-0.15, -0.1) is 11.6 Å². The third-order valence-electron chi connectivity index (χ3n) is 2.98. The predicted molar refractivity (Wildman–Crippen MR) is 70.3 cm³/mol. The van der Waals surface area contributed by atoms with E-state index >= 15 is 0 Å². The van der Waals surface area contributed by atoms with Crippen LogP contribution in [0.15, 0.2) is 42.5 Å². The maximum absolute atomic E-state index is 14.0. The van der Waals surface area contributed by atoms with Crippen LogP contribution in [-0.2, 0) is 6.18 Å². The molecule has 0 saturated heterocycles. The van der Waals surface area contributed by atoms with Crippen LogP contribution in [0.5, 0.6) is 0 Å². The van der Waals surface area contributed by atoms with Gasteiger partial charge in [0, 0.05) is 5.56 Å². The second-order valence-electron chi connectivity index (χ2n) is 4.48. The first-order valence-corrected chi connectivity index (χ1v) is 6.30. The number of aryl methyl sites for hydroxylation is 1. The maximum Gasteiger partial charge on any atom is 0.419 e. The Labute approximate surface area is 119 Å². The number of halogens is 5. The lowest BCUT2D eigenvalue weighted by Crippen LogP contribution is -2.10. The van der Waals surface area contributed by atoms with Crippen LogP contribution in [-0.4, -0.2) is 0 Å². The summed E-state index contributed by atoms with van der Waals surface area (Å²) in [4.78, 5) is 0. The van der Waals surface area contributed by atoms with E-state index in [4.69, 9.17) is 11.6 Å². The van der Waals surface area contributed by atoms with Crippen molar-refractivity contribution in [2.24, 2.45) is 0 Å². The number of hydrogen-bond acceptors (Lipinski definition) is 0. The molecule has 1 atom stereocenters. The first-order chi connectivity index (χ1) is 9.30. The van der Waals surface area contributed by atoms with Crippen LogP contribution in [0.2, 0.25) is 0 Å². The fourth-order valence-corrected chi connectivity index (χ4v) is 2.19. The molecule has 0 amide bonds. The SMILES string of the molecule is Cc1ccc(C(Cl)c2cccc(C(F)(F)F)c2F)cc1. The number of alkyl halides is 4. The highest BCUT2D eigenvalue weighted by Gasteiger charge is 2.35. The Morgan fingerprint density at radius 2 is 1.60 bits per heavy atom. The Kier molecular flexibility index (Phi) is 4.04. The van der Waals surface area contributed by atoms with E-state index in [-0.39, 0.29) is 5.56 Å². The number of rotatable bonds is 2. The molecule has 0 heterocycles. The van der Waals surface area contributed by atoms with Crippen LogP contribution in [0.4, 0.5) is 17.6 Å². The second-order valence-corrected chi connectivity index (χ2v) is 4.92. The highest BCUT2D eigenvalue weighted by Crippen LogP contribution is 2.37. The molecule has 0 fully saturated rings. The number of benzene rings is 2. The largest absolute Gasteiger partial charge is 0.419 e. The molecule has 0 N–H and O–H groups in total. The van der Waals surface area contributed by atoms with Crippen LogP contribution in [0.3, 0.4) is 0 Å². The molecule has 0 aliphatic rings.